The van der Waals surface area contributed by atoms with Gasteiger partial charge in [-0.05, 0) is 30.5 Å². The van der Waals surface area contributed by atoms with Crippen molar-refractivity contribution in [2.75, 3.05) is 46.4 Å². The maximum atomic E-state index is 12.8. The van der Waals surface area contributed by atoms with E-state index in [1.807, 2.05) is 19.1 Å². The molecule has 0 radical (unpaired) electrons. The zero-order valence-corrected chi connectivity index (χ0v) is 19.2. The largest absolute Gasteiger partial charge is 0.490 e. The van der Waals surface area contributed by atoms with E-state index < -0.39 is 29.9 Å². The number of piperazine rings is 1. The molecule has 1 aromatic carbocycles. The number of nitrogens with two attached hydrogens (primary N) is 2. The summed E-state index contributed by atoms with van der Waals surface area (Å²) in [5.41, 5.74) is 11.7. The molecule has 11 heteroatoms. The van der Waals surface area contributed by atoms with E-state index >= 15 is 0 Å². The number of carbonyl (C=O) groups is 2. The Morgan fingerprint density at radius 3 is 2.58 bits per heavy atom. The number of rotatable bonds is 10. The number of nitrogens with one attached hydrogen (secondary N) is 2. The number of nitrogens with zero attached hydrogens (tertiary/aromatic N) is 2. The molecule has 0 saturated carbocycles. The minimum Gasteiger partial charge on any atom is -0.490 e. The van der Waals surface area contributed by atoms with Crippen LogP contribution in [0.3, 0.4) is 0 Å². The Labute approximate surface area is 193 Å². The van der Waals surface area contributed by atoms with Gasteiger partial charge in [0.25, 0.3) is 0 Å². The fourth-order valence-corrected chi connectivity index (χ4v) is 4.44. The fraction of sp³-hybridized carbons (Fsp3) is 0.591. The second-order valence-electron chi connectivity index (χ2n) is 8.23. The maximum Gasteiger partial charge on any atom is 0.412 e. The molecule has 2 aliphatic rings. The predicted octanol–water partition coefficient (Wildman–Crippen LogP) is -0.124. The van der Waals surface area contributed by atoms with E-state index in [1.54, 1.807) is 17.0 Å². The summed E-state index contributed by atoms with van der Waals surface area (Å²) < 4.78 is 16.0. The van der Waals surface area contributed by atoms with Crippen molar-refractivity contribution < 1.29 is 23.8 Å². The number of amides is 1. The fourth-order valence-electron chi connectivity index (χ4n) is 4.44. The van der Waals surface area contributed by atoms with Crippen LogP contribution in [0.1, 0.15) is 18.9 Å². The number of carbonyl (C=O) groups excluding carboxylic acids is 2. The second kappa shape index (κ2) is 10.8. The summed E-state index contributed by atoms with van der Waals surface area (Å²) in [5.74, 6) is 0.0824. The van der Waals surface area contributed by atoms with Gasteiger partial charge in [0.15, 0.2) is 11.8 Å². The van der Waals surface area contributed by atoms with Crippen molar-refractivity contribution in [1.82, 2.24) is 15.1 Å². The summed E-state index contributed by atoms with van der Waals surface area (Å²) in [7, 11) is 1.31. The van der Waals surface area contributed by atoms with E-state index in [0.717, 1.165) is 18.7 Å². The van der Waals surface area contributed by atoms with Crippen LogP contribution in [0.2, 0.25) is 0 Å². The van der Waals surface area contributed by atoms with E-state index in [0.29, 0.717) is 31.7 Å². The normalized spacial score (nSPS) is 21.7. The molecule has 1 aromatic rings. The Bertz CT molecular complexity index is 844. The van der Waals surface area contributed by atoms with Crippen molar-refractivity contribution in [3.05, 3.63) is 29.8 Å². The minimum atomic E-state index is -1.01. The maximum absolute atomic E-state index is 12.8. The highest BCUT2D eigenvalue weighted by molar-refractivity contribution is 5.91. The van der Waals surface area contributed by atoms with Gasteiger partial charge in [0.1, 0.15) is 24.2 Å². The molecule has 3 atom stereocenters. The van der Waals surface area contributed by atoms with Crippen LogP contribution in [0.25, 0.3) is 0 Å². The van der Waals surface area contributed by atoms with E-state index in [2.05, 4.69) is 15.0 Å². The molecule has 2 aliphatic heterocycles. The van der Waals surface area contributed by atoms with E-state index in [-0.39, 0.29) is 19.0 Å². The molecule has 0 aliphatic carbocycles. The topological polar surface area (TPSA) is 156 Å². The first kappa shape index (κ1) is 24.7. The van der Waals surface area contributed by atoms with Gasteiger partial charge < -0.3 is 31.0 Å². The Morgan fingerprint density at radius 1 is 1.33 bits per heavy atom. The second-order valence-corrected chi connectivity index (χ2v) is 8.23. The molecule has 2 fully saturated rings. The monoisotopic (exact) mass is 462 g/mol. The number of cyclic esters (lactones) is 1. The first-order valence-electron chi connectivity index (χ1n) is 11.2. The Balaban J connectivity index is 1.61. The highest BCUT2D eigenvalue weighted by Gasteiger charge is 2.51. The van der Waals surface area contributed by atoms with Crippen molar-refractivity contribution >= 4 is 17.9 Å². The molecule has 3 unspecified atom stereocenters. The van der Waals surface area contributed by atoms with E-state index in [1.165, 1.54) is 7.11 Å². The molecule has 0 aromatic heterocycles. The van der Waals surface area contributed by atoms with Crippen molar-refractivity contribution in [2.45, 2.75) is 37.6 Å². The van der Waals surface area contributed by atoms with Crippen LogP contribution in [0, 0.1) is 5.41 Å². The number of esters is 1. The quantitative estimate of drug-likeness (QED) is 0.211. The molecular weight excluding hydrogens is 428 g/mol. The number of hydrogen-bond donors (Lipinski definition) is 4. The van der Waals surface area contributed by atoms with Crippen molar-refractivity contribution in [2.24, 2.45) is 11.5 Å². The van der Waals surface area contributed by atoms with Crippen molar-refractivity contribution in [3.8, 4) is 5.75 Å². The molecule has 0 spiro atoms. The Morgan fingerprint density at radius 2 is 2.00 bits per heavy atom. The van der Waals surface area contributed by atoms with E-state index in [9.17, 15) is 9.59 Å². The van der Waals surface area contributed by atoms with Gasteiger partial charge in [-0.2, -0.15) is 0 Å². The predicted molar refractivity (Wildman–Crippen MR) is 122 cm³/mol. The van der Waals surface area contributed by atoms with Gasteiger partial charge in [0.05, 0.1) is 13.7 Å². The molecule has 1 amide bonds. The molecule has 11 nitrogen and oxygen atoms in total. The van der Waals surface area contributed by atoms with Crippen LogP contribution < -0.4 is 21.5 Å². The lowest BCUT2D eigenvalue weighted by Gasteiger charge is -2.48. The van der Waals surface area contributed by atoms with Gasteiger partial charge >= 0.3 is 12.1 Å². The molecule has 3 rings (SSSR count). The zero-order valence-electron chi connectivity index (χ0n) is 19.2. The minimum absolute atomic E-state index is 0.0637. The summed E-state index contributed by atoms with van der Waals surface area (Å²) in [4.78, 5) is 27.9. The molecule has 182 valence electrons. The van der Waals surface area contributed by atoms with Crippen LogP contribution in [0.4, 0.5) is 4.79 Å². The lowest BCUT2D eigenvalue weighted by Crippen LogP contribution is -2.70. The number of hydrogen-bond acceptors (Lipinski definition) is 9. The average Bonchev–Trinajstić information content (AvgIpc) is 3.20. The number of methoxy groups -OCH3 is 1. The number of benzene rings is 1. The molecule has 6 N–H and O–H groups in total. The van der Waals surface area contributed by atoms with Crippen LogP contribution in [-0.4, -0.2) is 91.9 Å². The third kappa shape index (κ3) is 5.37. The average molecular weight is 463 g/mol. The first-order chi connectivity index (χ1) is 15.8. The van der Waals surface area contributed by atoms with Crippen LogP contribution in [-0.2, 0) is 20.7 Å². The van der Waals surface area contributed by atoms with Crippen LogP contribution in [0.5, 0.6) is 5.75 Å². The highest BCUT2D eigenvalue weighted by atomic mass is 16.6. The first-order valence-corrected chi connectivity index (χ1v) is 11.2. The molecule has 0 bridgehead atoms. The smallest absolute Gasteiger partial charge is 0.412 e. The van der Waals surface area contributed by atoms with Gasteiger partial charge in [0, 0.05) is 26.2 Å². The summed E-state index contributed by atoms with van der Waals surface area (Å²) >= 11 is 0. The van der Waals surface area contributed by atoms with Crippen LogP contribution >= 0.6 is 0 Å². The van der Waals surface area contributed by atoms with Crippen LogP contribution in [0.15, 0.2) is 24.3 Å². The van der Waals surface area contributed by atoms with Gasteiger partial charge in [-0.15, -0.1) is 0 Å². The van der Waals surface area contributed by atoms with Crippen molar-refractivity contribution in [3.63, 3.8) is 0 Å². The molecular formula is C22H34N6O5. The summed E-state index contributed by atoms with van der Waals surface area (Å²) in [6.07, 6.45) is -0.136. The third-order valence-corrected chi connectivity index (χ3v) is 6.20. The van der Waals surface area contributed by atoms with Gasteiger partial charge in [-0.3, -0.25) is 20.0 Å². The SMILES string of the molecule is CCC(C(=N)N)(N1CCNCC1)N1CC(COc2ccc(CC(N)C(=O)OC)cc2)OC1=O. The van der Waals surface area contributed by atoms with Gasteiger partial charge in [-0.25, -0.2) is 4.79 Å². The molecule has 2 heterocycles. The van der Waals surface area contributed by atoms with Crippen molar-refractivity contribution in [1.29, 1.82) is 5.41 Å². The van der Waals surface area contributed by atoms with E-state index in [4.69, 9.17) is 26.4 Å². The zero-order chi connectivity index (χ0) is 24.0. The van der Waals surface area contributed by atoms with Gasteiger partial charge in [-0.1, -0.05) is 19.1 Å². The Kier molecular flexibility index (Phi) is 8.11. The summed E-state index contributed by atoms with van der Waals surface area (Å²) in [6, 6.07) is 6.49. The lowest BCUT2D eigenvalue weighted by molar-refractivity contribution is -0.142. The standard InChI is InChI=1S/C22H34N6O5/c1-3-22(20(24)25,27-10-8-26-9-11-27)28-13-17(33-21(28)30)14-32-16-6-4-15(5-7-16)12-18(23)19(29)31-2/h4-7,17-18,26H,3,8-14,23H2,1-2H3,(H3,24,25). The third-order valence-electron chi connectivity index (χ3n) is 6.20. The Hall–Kier alpha value is -2.89. The number of ether oxygens (including phenoxy) is 3. The molecule has 33 heavy (non-hydrogen) atoms. The lowest BCUT2D eigenvalue weighted by atomic mass is 9.99. The highest BCUT2D eigenvalue weighted by Crippen LogP contribution is 2.30. The summed E-state index contributed by atoms with van der Waals surface area (Å²) in [5, 5.41) is 11.6. The summed E-state index contributed by atoms with van der Waals surface area (Å²) in [6.45, 7) is 5.28. The molecule has 2 saturated heterocycles. The number of amidine groups is 1. The van der Waals surface area contributed by atoms with Gasteiger partial charge in [0.2, 0.25) is 0 Å².